The third-order valence-corrected chi connectivity index (χ3v) is 4.02. The second-order valence-electron chi connectivity index (χ2n) is 4.75. The number of imidazole rings is 1. The van der Waals surface area contributed by atoms with Gasteiger partial charge in [-0.3, -0.25) is 4.98 Å². The van der Waals surface area contributed by atoms with Crippen LogP contribution in [0.15, 0.2) is 53.1 Å². The van der Waals surface area contributed by atoms with Crippen molar-refractivity contribution in [2.75, 3.05) is 0 Å². The molecule has 0 aliphatic carbocycles. The Bertz CT molecular complexity index is 934. The lowest BCUT2D eigenvalue weighted by molar-refractivity contribution is 0.623. The first kappa shape index (κ1) is 12.5. The molecule has 2 heterocycles. The highest BCUT2D eigenvalue weighted by molar-refractivity contribution is 9.10. The molecule has 0 aliphatic rings. The van der Waals surface area contributed by atoms with E-state index in [1.807, 2.05) is 30.3 Å². The van der Waals surface area contributed by atoms with E-state index in [2.05, 4.69) is 30.9 Å². The summed E-state index contributed by atoms with van der Waals surface area (Å²) in [7, 11) is 0. The van der Waals surface area contributed by atoms with Gasteiger partial charge >= 0.3 is 0 Å². The number of pyridine rings is 1. The van der Waals surface area contributed by atoms with Gasteiger partial charge in [0, 0.05) is 23.2 Å². The third kappa shape index (κ3) is 2.01. The van der Waals surface area contributed by atoms with Gasteiger partial charge in [-0.2, -0.15) is 0 Å². The monoisotopic (exact) mass is 341 g/mol. The molecule has 0 radical (unpaired) electrons. The lowest BCUT2D eigenvalue weighted by atomic mass is 10.1. The first-order valence-corrected chi connectivity index (χ1v) is 7.20. The Balaban J connectivity index is 2.00. The summed E-state index contributed by atoms with van der Waals surface area (Å²) in [6.45, 7) is 0. The van der Waals surface area contributed by atoms with Crippen LogP contribution in [-0.2, 0) is 0 Å². The lowest BCUT2D eigenvalue weighted by Crippen LogP contribution is -1.85. The molecule has 2 aromatic heterocycles. The number of benzene rings is 2. The highest BCUT2D eigenvalue weighted by Gasteiger charge is 2.11. The summed E-state index contributed by atoms with van der Waals surface area (Å²) in [5, 5.41) is 1.04. The molecule has 0 unspecified atom stereocenters. The summed E-state index contributed by atoms with van der Waals surface area (Å²) in [6, 6.07) is 12.9. The molecule has 0 spiro atoms. The SMILES string of the molecule is Fc1cc2[nH]c(-c3cccc4cccnc34)nc2cc1Br. The Morgan fingerprint density at radius 1 is 1.10 bits per heavy atom. The summed E-state index contributed by atoms with van der Waals surface area (Å²) in [5.74, 6) is 0.376. The number of aromatic amines is 1. The van der Waals surface area contributed by atoms with Crippen molar-refractivity contribution in [3.8, 4) is 11.4 Å². The highest BCUT2D eigenvalue weighted by atomic mass is 79.9. The van der Waals surface area contributed by atoms with E-state index in [0.29, 0.717) is 21.3 Å². The van der Waals surface area contributed by atoms with Gasteiger partial charge in [0.2, 0.25) is 0 Å². The van der Waals surface area contributed by atoms with Gasteiger partial charge in [0.15, 0.2) is 0 Å². The van der Waals surface area contributed by atoms with Crippen LogP contribution in [-0.4, -0.2) is 15.0 Å². The van der Waals surface area contributed by atoms with Gasteiger partial charge in [0.1, 0.15) is 11.6 Å². The molecule has 0 fully saturated rings. The minimum absolute atomic E-state index is 0.311. The third-order valence-electron chi connectivity index (χ3n) is 3.41. The smallest absolute Gasteiger partial charge is 0.140 e. The summed E-state index contributed by atoms with van der Waals surface area (Å²) >= 11 is 3.18. The zero-order valence-electron chi connectivity index (χ0n) is 10.8. The van der Waals surface area contributed by atoms with Gasteiger partial charge in [-0.15, -0.1) is 0 Å². The average molecular weight is 342 g/mol. The minimum Gasteiger partial charge on any atom is -0.338 e. The zero-order chi connectivity index (χ0) is 14.4. The van der Waals surface area contributed by atoms with Crippen molar-refractivity contribution in [1.82, 2.24) is 15.0 Å². The fraction of sp³-hybridized carbons (Fsp3) is 0. The van der Waals surface area contributed by atoms with E-state index in [1.54, 1.807) is 12.3 Å². The van der Waals surface area contributed by atoms with Gasteiger partial charge in [0.25, 0.3) is 0 Å². The van der Waals surface area contributed by atoms with Crippen LogP contribution in [0.4, 0.5) is 4.39 Å². The van der Waals surface area contributed by atoms with Gasteiger partial charge in [-0.1, -0.05) is 18.2 Å². The average Bonchev–Trinajstić information content (AvgIpc) is 2.90. The van der Waals surface area contributed by atoms with E-state index in [4.69, 9.17) is 0 Å². The van der Waals surface area contributed by atoms with Crippen molar-refractivity contribution in [1.29, 1.82) is 0 Å². The number of nitrogens with one attached hydrogen (secondary N) is 1. The van der Waals surface area contributed by atoms with E-state index >= 15 is 0 Å². The minimum atomic E-state index is -0.311. The molecule has 0 aliphatic heterocycles. The summed E-state index contributed by atoms with van der Waals surface area (Å²) < 4.78 is 14.0. The van der Waals surface area contributed by atoms with Crippen molar-refractivity contribution in [2.45, 2.75) is 0 Å². The van der Waals surface area contributed by atoms with Crippen LogP contribution in [0, 0.1) is 5.82 Å². The number of fused-ring (bicyclic) bond motifs is 2. The molecule has 21 heavy (non-hydrogen) atoms. The molecular weight excluding hydrogens is 333 g/mol. The molecule has 5 heteroatoms. The number of hydrogen-bond donors (Lipinski definition) is 1. The van der Waals surface area contributed by atoms with Crippen molar-refractivity contribution in [2.24, 2.45) is 0 Å². The maximum Gasteiger partial charge on any atom is 0.140 e. The Labute approximate surface area is 128 Å². The lowest BCUT2D eigenvalue weighted by Gasteiger charge is -2.01. The predicted octanol–water partition coefficient (Wildman–Crippen LogP) is 4.68. The number of halogens is 2. The van der Waals surface area contributed by atoms with Crippen LogP contribution >= 0.6 is 15.9 Å². The molecule has 102 valence electrons. The van der Waals surface area contributed by atoms with Crippen molar-refractivity contribution >= 4 is 37.9 Å². The Morgan fingerprint density at radius 3 is 2.86 bits per heavy atom. The molecule has 0 saturated carbocycles. The number of aromatic nitrogens is 3. The fourth-order valence-electron chi connectivity index (χ4n) is 2.43. The maximum absolute atomic E-state index is 13.6. The molecule has 1 N–H and O–H groups in total. The van der Waals surface area contributed by atoms with Crippen molar-refractivity contribution < 1.29 is 4.39 Å². The number of hydrogen-bond acceptors (Lipinski definition) is 2. The number of nitrogens with zero attached hydrogens (tertiary/aromatic N) is 2. The van der Waals surface area contributed by atoms with Gasteiger partial charge < -0.3 is 4.98 Å². The molecule has 3 nitrogen and oxygen atoms in total. The van der Waals surface area contributed by atoms with Crippen LogP contribution in [0.3, 0.4) is 0 Å². The van der Waals surface area contributed by atoms with E-state index in [-0.39, 0.29) is 5.82 Å². The molecule has 4 aromatic rings. The van der Waals surface area contributed by atoms with Crippen LogP contribution < -0.4 is 0 Å². The quantitative estimate of drug-likeness (QED) is 0.546. The first-order valence-electron chi connectivity index (χ1n) is 6.41. The molecule has 4 rings (SSSR count). The molecule has 0 saturated heterocycles. The predicted molar refractivity (Wildman–Crippen MR) is 84.5 cm³/mol. The maximum atomic E-state index is 13.6. The normalized spacial score (nSPS) is 11.3. The Morgan fingerprint density at radius 2 is 1.95 bits per heavy atom. The van der Waals surface area contributed by atoms with Crippen LogP contribution in [0.1, 0.15) is 0 Å². The molecular formula is C16H9BrFN3. The molecule has 0 bridgehead atoms. The summed E-state index contributed by atoms with van der Waals surface area (Å²) in [4.78, 5) is 12.1. The Kier molecular flexibility index (Phi) is 2.75. The first-order chi connectivity index (χ1) is 10.2. The van der Waals surface area contributed by atoms with Gasteiger partial charge in [-0.05, 0) is 34.1 Å². The Hall–Kier alpha value is -2.27. The zero-order valence-corrected chi connectivity index (χ0v) is 12.4. The van der Waals surface area contributed by atoms with Crippen LogP contribution in [0.25, 0.3) is 33.3 Å². The van der Waals surface area contributed by atoms with E-state index in [1.165, 1.54) is 6.07 Å². The van der Waals surface area contributed by atoms with E-state index in [0.717, 1.165) is 16.5 Å². The second kappa shape index (κ2) is 4.63. The number of H-pyrrole nitrogens is 1. The molecule has 2 aromatic carbocycles. The van der Waals surface area contributed by atoms with Crippen molar-refractivity contribution in [3.63, 3.8) is 0 Å². The number of rotatable bonds is 1. The van der Waals surface area contributed by atoms with Crippen LogP contribution in [0.2, 0.25) is 0 Å². The van der Waals surface area contributed by atoms with E-state index in [9.17, 15) is 4.39 Å². The summed E-state index contributed by atoms with van der Waals surface area (Å²) in [6.07, 6.45) is 1.75. The molecule has 0 amide bonds. The van der Waals surface area contributed by atoms with Crippen molar-refractivity contribution in [3.05, 3.63) is 59.0 Å². The second-order valence-corrected chi connectivity index (χ2v) is 5.60. The fourth-order valence-corrected chi connectivity index (χ4v) is 2.76. The molecule has 0 atom stereocenters. The summed E-state index contributed by atoms with van der Waals surface area (Å²) in [5.41, 5.74) is 3.16. The largest absolute Gasteiger partial charge is 0.338 e. The van der Waals surface area contributed by atoms with Crippen LogP contribution in [0.5, 0.6) is 0 Å². The number of para-hydroxylation sites is 1. The van der Waals surface area contributed by atoms with Gasteiger partial charge in [0.05, 0.1) is 21.0 Å². The standard InChI is InChI=1S/C16H9BrFN3/c17-11-7-13-14(8-12(11)18)21-16(20-13)10-5-1-3-9-4-2-6-19-15(9)10/h1-8H,(H,20,21). The topological polar surface area (TPSA) is 41.6 Å². The van der Waals surface area contributed by atoms with Gasteiger partial charge in [-0.25, -0.2) is 9.37 Å². The highest BCUT2D eigenvalue weighted by Crippen LogP contribution is 2.28. The van der Waals surface area contributed by atoms with E-state index < -0.39 is 0 Å².